The van der Waals surface area contributed by atoms with Crippen LogP contribution in [0, 0.1) is 0 Å². The van der Waals surface area contributed by atoms with Crippen molar-refractivity contribution in [3.8, 4) is 28.2 Å². The van der Waals surface area contributed by atoms with E-state index in [4.69, 9.17) is 5.10 Å². The highest BCUT2D eigenvalue weighted by Crippen LogP contribution is 2.28. The molecule has 1 amide bonds. The maximum absolute atomic E-state index is 13.0. The zero-order valence-corrected chi connectivity index (χ0v) is 18.7. The fourth-order valence-corrected chi connectivity index (χ4v) is 3.92. The van der Waals surface area contributed by atoms with Crippen molar-refractivity contribution in [3.63, 3.8) is 0 Å². The lowest BCUT2D eigenvalue weighted by Crippen LogP contribution is -2.32. The Hall–Kier alpha value is -3.66. The largest absolute Gasteiger partial charge is 0.339 e. The lowest BCUT2D eigenvalue weighted by molar-refractivity contribution is 0.0755. The van der Waals surface area contributed by atoms with E-state index in [0.717, 1.165) is 54.1 Å². The molecule has 0 radical (unpaired) electrons. The Morgan fingerprint density at radius 1 is 0.781 bits per heavy atom. The van der Waals surface area contributed by atoms with E-state index in [0.29, 0.717) is 5.56 Å². The van der Waals surface area contributed by atoms with Gasteiger partial charge in [0, 0.05) is 29.8 Å². The lowest BCUT2D eigenvalue weighted by atomic mass is 10.1. The summed E-state index contributed by atoms with van der Waals surface area (Å²) < 4.78 is 1.96. The SMILES string of the molecule is CCCN(CCC)C(=O)c1ccc(-n2nc(-c3ccccc3)cc2-c2ccccc2)cc1. The van der Waals surface area contributed by atoms with Gasteiger partial charge in [0.2, 0.25) is 0 Å². The van der Waals surface area contributed by atoms with Crippen LogP contribution < -0.4 is 0 Å². The predicted molar refractivity (Wildman–Crippen MR) is 131 cm³/mol. The van der Waals surface area contributed by atoms with Crippen molar-refractivity contribution in [1.29, 1.82) is 0 Å². The summed E-state index contributed by atoms with van der Waals surface area (Å²) in [5.41, 5.74) is 5.75. The molecule has 0 aliphatic carbocycles. The number of nitrogens with zero attached hydrogens (tertiary/aromatic N) is 3. The van der Waals surface area contributed by atoms with Crippen molar-refractivity contribution in [1.82, 2.24) is 14.7 Å². The number of rotatable bonds is 8. The number of benzene rings is 3. The highest BCUT2D eigenvalue weighted by atomic mass is 16.2. The number of carbonyl (C=O) groups is 1. The molecule has 0 aliphatic rings. The van der Waals surface area contributed by atoms with Gasteiger partial charge in [-0.2, -0.15) is 5.10 Å². The van der Waals surface area contributed by atoms with Crippen molar-refractivity contribution >= 4 is 5.91 Å². The first-order chi connectivity index (χ1) is 15.7. The van der Waals surface area contributed by atoms with E-state index in [2.05, 4.69) is 44.2 Å². The van der Waals surface area contributed by atoms with E-state index >= 15 is 0 Å². The van der Waals surface area contributed by atoms with Gasteiger partial charge in [-0.3, -0.25) is 4.79 Å². The third kappa shape index (κ3) is 4.65. The molecule has 4 rings (SSSR count). The molecule has 0 spiro atoms. The van der Waals surface area contributed by atoms with Crippen LogP contribution in [0.15, 0.2) is 91.0 Å². The molecule has 162 valence electrons. The summed E-state index contributed by atoms with van der Waals surface area (Å²) in [4.78, 5) is 14.9. The van der Waals surface area contributed by atoms with Crippen molar-refractivity contribution < 1.29 is 4.79 Å². The van der Waals surface area contributed by atoms with Crippen LogP contribution in [0.2, 0.25) is 0 Å². The summed E-state index contributed by atoms with van der Waals surface area (Å²) in [7, 11) is 0. The summed E-state index contributed by atoms with van der Waals surface area (Å²) in [6.45, 7) is 5.77. The van der Waals surface area contributed by atoms with Crippen LogP contribution in [-0.2, 0) is 0 Å². The molecular formula is C28H29N3O. The molecule has 1 heterocycles. The third-order valence-corrected chi connectivity index (χ3v) is 5.48. The maximum Gasteiger partial charge on any atom is 0.253 e. The Labute approximate surface area is 190 Å². The van der Waals surface area contributed by atoms with Crippen LogP contribution in [0.4, 0.5) is 0 Å². The van der Waals surface area contributed by atoms with Crippen molar-refractivity contribution in [2.45, 2.75) is 26.7 Å². The Morgan fingerprint density at radius 2 is 1.34 bits per heavy atom. The van der Waals surface area contributed by atoms with Gasteiger partial charge in [0.15, 0.2) is 0 Å². The summed E-state index contributed by atoms with van der Waals surface area (Å²) in [6.07, 6.45) is 1.92. The molecular weight excluding hydrogens is 394 g/mol. The van der Waals surface area contributed by atoms with E-state index in [9.17, 15) is 4.79 Å². The first-order valence-electron chi connectivity index (χ1n) is 11.3. The quantitative estimate of drug-likeness (QED) is 0.326. The van der Waals surface area contributed by atoms with Gasteiger partial charge in [0.05, 0.1) is 17.1 Å². The molecule has 4 aromatic rings. The molecule has 0 fully saturated rings. The minimum atomic E-state index is 0.0916. The standard InChI is InChI=1S/C28H29N3O/c1-3-19-30(20-4-2)28(32)24-15-17-25(18-16-24)31-27(23-13-9-6-10-14-23)21-26(29-31)22-11-7-5-8-12-22/h5-18,21H,3-4,19-20H2,1-2H3. The average Bonchev–Trinajstić information content (AvgIpc) is 3.30. The number of hydrogen-bond donors (Lipinski definition) is 0. The van der Waals surface area contributed by atoms with Crippen LogP contribution in [-0.4, -0.2) is 33.7 Å². The maximum atomic E-state index is 13.0. The Bertz CT molecular complexity index is 1140. The normalized spacial score (nSPS) is 10.8. The molecule has 4 nitrogen and oxygen atoms in total. The predicted octanol–water partition coefficient (Wildman–Crippen LogP) is 6.47. The molecule has 0 unspecified atom stereocenters. The van der Waals surface area contributed by atoms with E-state index in [1.807, 2.05) is 70.2 Å². The van der Waals surface area contributed by atoms with Crippen LogP contribution in [0.25, 0.3) is 28.2 Å². The van der Waals surface area contributed by atoms with E-state index in [-0.39, 0.29) is 5.91 Å². The molecule has 0 bridgehead atoms. The molecule has 4 heteroatoms. The third-order valence-electron chi connectivity index (χ3n) is 5.48. The average molecular weight is 424 g/mol. The second kappa shape index (κ2) is 10.1. The van der Waals surface area contributed by atoms with Crippen LogP contribution in [0.1, 0.15) is 37.0 Å². The van der Waals surface area contributed by atoms with Gasteiger partial charge >= 0.3 is 0 Å². The van der Waals surface area contributed by atoms with Crippen LogP contribution >= 0.6 is 0 Å². The van der Waals surface area contributed by atoms with Crippen molar-refractivity contribution in [2.75, 3.05) is 13.1 Å². The van der Waals surface area contributed by atoms with Gasteiger partial charge in [-0.15, -0.1) is 0 Å². The topological polar surface area (TPSA) is 38.1 Å². The van der Waals surface area contributed by atoms with E-state index in [1.54, 1.807) is 0 Å². The highest BCUT2D eigenvalue weighted by molar-refractivity contribution is 5.94. The van der Waals surface area contributed by atoms with Crippen LogP contribution in [0.5, 0.6) is 0 Å². The minimum Gasteiger partial charge on any atom is -0.339 e. The summed E-state index contributed by atoms with van der Waals surface area (Å²) in [5, 5.41) is 4.92. The van der Waals surface area contributed by atoms with Gasteiger partial charge in [-0.1, -0.05) is 74.5 Å². The monoisotopic (exact) mass is 423 g/mol. The second-order valence-corrected chi connectivity index (χ2v) is 7.90. The molecule has 0 N–H and O–H groups in total. The first kappa shape index (κ1) is 21.6. The van der Waals surface area contributed by atoms with Gasteiger partial charge in [-0.05, 0) is 43.2 Å². The smallest absolute Gasteiger partial charge is 0.253 e. The Balaban J connectivity index is 1.71. The number of aromatic nitrogens is 2. The van der Waals surface area contributed by atoms with Crippen molar-refractivity contribution in [3.05, 3.63) is 96.6 Å². The number of carbonyl (C=O) groups excluding carboxylic acids is 1. The van der Waals surface area contributed by atoms with E-state index in [1.165, 1.54) is 0 Å². The van der Waals surface area contributed by atoms with Gasteiger partial charge in [0.1, 0.15) is 0 Å². The fourth-order valence-electron chi connectivity index (χ4n) is 3.92. The molecule has 0 atom stereocenters. The molecule has 0 saturated carbocycles. The summed E-state index contributed by atoms with van der Waals surface area (Å²) in [6, 6.07) is 30.4. The minimum absolute atomic E-state index is 0.0916. The van der Waals surface area contributed by atoms with Gasteiger partial charge in [0.25, 0.3) is 5.91 Å². The fraction of sp³-hybridized carbons (Fsp3) is 0.214. The number of amides is 1. The summed E-state index contributed by atoms with van der Waals surface area (Å²) >= 11 is 0. The second-order valence-electron chi connectivity index (χ2n) is 7.90. The first-order valence-corrected chi connectivity index (χ1v) is 11.3. The van der Waals surface area contributed by atoms with E-state index < -0.39 is 0 Å². The number of hydrogen-bond acceptors (Lipinski definition) is 2. The van der Waals surface area contributed by atoms with Gasteiger partial charge < -0.3 is 4.90 Å². The van der Waals surface area contributed by atoms with Crippen LogP contribution in [0.3, 0.4) is 0 Å². The lowest BCUT2D eigenvalue weighted by Gasteiger charge is -2.21. The molecule has 0 saturated heterocycles. The molecule has 0 aliphatic heterocycles. The summed E-state index contributed by atoms with van der Waals surface area (Å²) in [5.74, 6) is 0.0916. The zero-order valence-electron chi connectivity index (χ0n) is 18.7. The molecule has 1 aromatic heterocycles. The zero-order chi connectivity index (χ0) is 22.3. The molecule has 3 aromatic carbocycles. The van der Waals surface area contributed by atoms with Gasteiger partial charge in [-0.25, -0.2) is 4.68 Å². The highest BCUT2D eigenvalue weighted by Gasteiger charge is 2.16. The molecule has 32 heavy (non-hydrogen) atoms. The Kier molecular flexibility index (Phi) is 6.81. The van der Waals surface area contributed by atoms with Crippen molar-refractivity contribution in [2.24, 2.45) is 0 Å². The Morgan fingerprint density at radius 3 is 1.91 bits per heavy atom.